The quantitative estimate of drug-likeness (QED) is 0.574. The van der Waals surface area contributed by atoms with Crippen LogP contribution >= 0.6 is 0 Å². The van der Waals surface area contributed by atoms with Crippen molar-refractivity contribution in [2.45, 2.75) is 53.4 Å². The fourth-order valence-corrected chi connectivity index (χ4v) is 1.36. The van der Waals surface area contributed by atoms with Crippen LogP contribution in [0.1, 0.15) is 53.4 Å². The first-order valence-electron chi connectivity index (χ1n) is 5.04. The molecular formula is C13H20. The van der Waals surface area contributed by atoms with Crippen LogP contribution in [0, 0.1) is 29.1 Å². The first-order valence-corrected chi connectivity index (χ1v) is 5.04. The van der Waals surface area contributed by atoms with Crippen molar-refractivity contribution in [1.82, 2.24) is 0 Å². The highest BCUT2D eigenvalue weighted by atomic mass is 14.3. The molecule has 0 unspecified atom stereocenters. The summed E-state index contributed by atoms with van der Waals surface area (Å²) in [6.07, 6.45) is 4.33. The summed E-state index contributed by atoms with van der Waals surface area (Å²) >= 11 is 0. The predicted molar refractivity (Wildman–Crippen MR) is 59.1 cm³/mol. The lowest BCUT2D eigenvalue weighted by Gasteiger charge is -2.27. The molecule has 13 heavy (non-hydrogen) atoms. The third kappa shape index (κ3) is 4.05. The maximum atomic E-state index is 3.18. The summed E-state index contributed by atoms with van der Waals surface area (Å²) in [5.41, 5.74) is 0.339. The molecule has 0 aromatic rings. The Morgan fingerprint density at radius 1 is 0.846 bits per heavy atom. The van der Waals surface area contributed by atoms with Gasteiger partial charge in [0.15, 0.2) is 0 Å². The molecule has 0 spiro atoms. The second-order valence-corrected chi connectivity index (χ2v) is 3.41. The molecule has 0 aliphatic heterocycles. The van der Waals surface area contributed by atoms with Crippen LogP contribution in [-0.2, 0) is 0 Å². The van der Waals surface area contributed by atoms with Crippen LogP contribution in [-0.4, -0.2) is 0 Å². The van der Waals surface area contributed by atoms with Crippen molar-refractivity contribution >= 4 is 0 Å². The minimum absolute atomic E-state index is 0.339. The zero-order chi connectivity index (χ0) is 10.2. The SMILES string of the molecule is CC#CCC(CC)(CC)CC#CC. The molecule has 0 fully saturated rings. The van der Waals surface area contributed by atoms with Crippen molar-refractivity contribution in [3.63, 3.8) is 0 Å². The highest BCUT2D eigenvalue weighted by Crippen LogP contribution is 2.33. The van der Waals surface area contributed by atoms with Crippen molar-refractivity contribution < 1.29 is 0 Å². The number of hydrogen-bond donors (Lipinski definition) is 0. The van der Waals surface area contributed by atoms with Crippen LogP contribution in [0.15, 0.2) is 0 Å². The molecule has 72 valence electrons. The van der Waals surface area contributed by atoms with Crippen LogP contribution < -0.4 is 0 Å². The monoisotopic (exact) mass is 176 g/mol. The molecular weight excluding hydrogens is 156 g/mol. The smallest absolute Gasteiger partial charge is 0.0154 e. The van der Waals surface area contributed by atoms with Gasteiger partial charge >= 0.3 is 0 Å². The summed E-state index contributed by atoms with van der Waals surface area (Å²) in [6.45, 7) is 8.28. The minimum atomic E-state index is 0.339. The average Bonchev–Trinajstić information content (AvgIpc) is 2.20. The lowest BCUT2D eigenvalue weighted by Crippen LogP contribution is -2.17. The van der Waals surface area contributed by atoms with Crippen molar-refractivity contribution in [1.29, 1.82) is 0 Å². The zero-order valence-corrected chi connectivity index (χ0v) is 9.33. The van der Waals surface area contributed by atoms with E-state index in [4.69, 9.17) is 0 Å². The number of rotatable bonds is 4. The van der Waals surface area contributed by atoms with Crippen molar-refractivity contribution in [3.8, 4) is 23.7 Å². The normalized spacial score (nSPS) is 9.54. The summed E-state index contributed by atoms with van der Waals surface area (Å²) in [7, 11) is 0. The molecule has 0 heteroatoms. The molecule has 0 aromatic heterocycles. The van der Waals surface area contributed by atoms with Crippen LogP contribution in [0.5, 0.6) is 0 Å². The first kappa shape index (κ1) is 12.1. The van der Waals surface area contributed by atoms with E-state index in [1.807, 2.05) is 13.8 Å². The summed E-state index contributed by atoms with van der Waals surface area (Å²) in [4.78, 5) is 0. The summed E-state index contributed by atoms with van der Waals surface area (Å²) in [5.74, 6) is 12.3. The van der Waals surface area contributed by atoms with Gasteiger partial charge < -0.3 is 0 Å². The van der Waals surface area contributed by atoms with E-state index in [0.717, 1.165) is 12.8 Å². The first-order chi connectivity index (χ1) is 6.24. The molecule has 0 saturated carbocycles. The Kier molecular flexibility index (Phi) is 6.17. The standard InChI is InChI=1S/C13H20/c1-5-9-11-13(7-3,8-4)12-10-6-2/h7-8,11-12H2,1-4H3. The van der Waals surface area contributed by atoms with Gasteiger partial charge in [0.2, 0.25) is 0 Å². The van der Waals surface area contributed by atoms with E-state index in [0.29, 0.717) is 5.41 Å². The summed E-state index contributed by atoms with van der Waals surface area (Å²) < 4.78 is 0. The topological polar surface area (TPSA) is 0 Å². The fraction of sp³-hybridized carbons (Fsp3) is 0.692. The van der Waals surface area contributed by atoms with Gasteiger partial charge in [0.05, 0.1) is 0 Å². The van der Waals surface area contributed by atoms with Crippen LogP contribution in [0.4, 0.5) is 0 Å². The largest absolute Gasteiger partial charge is 0.107 e. The molecule has 0 aliphatic carbocycles. The summed E-state index contributed by atoms with van der Waals surface area (Å²) in [6, 6.07) is 0. The van der Waals surface area contributed by atoms with E-state index in [1.54, 1.807) is 0 Å². The van der Waals surface area contributed by atoms with E-state index in [9.17, 15) is 0 Å². The third-order valence-electron chi connectivity index (χ3n) is 2.78. The lowest BCUT2D eigenvalue weighted by molar-refractivity contribution is 0.278. The highest BCUT2D eigenvalue weighted by molar-refractivity contribution is 5.06. The second-order valence-electron chi connectivity index (χ2n) is 3.41. The van der Waals surface area contributed by atoms with Gasteiger partial charge in [-0.25, -0.2) is 0 Å². The van der Waals surface area contributed by atoms with Gasteiger partial charge in [-0.05, 0) is 32.1 Å². The predicted octanol–water partition coefficient (Wildman–Crippen LogP) is 3.62. The van der Waals surface area contributed by atoms with Crippen molar-refractivity contribution in [3.05, 3.63) is 0 Å². The van der Waals surface area contributed by atoms with Gasteiger partial charge in [0.1, 0.15) is 0 Å². The Hall–Kier alpha value is -0.880. The van der Waals surface area contributed by atoms with E-state index in [1.165, 1.54) is 12.8 Å². The molecule has 0 saturated heterocycles. The zero-order valence-electron chi connectivity index (χ0n) is 9.33. The number of hydrogen-bond acceptors (Lipinski definition) is 0. The Morgan fingerprint density at radius 3 is 1.46 bits per heavy atom. The maximum Gasteiger partial charge on any atom is 0.0154 e. The Balaban J connectivity index is 4.41. The second kappa shape index (κ2) is 6.62. The van der Waals surface area contributed by atoms with Gasteiger partial charge in [-0.3, -0.25) is 0 Å². The van der Waals surface area contributed by atoms with Crippen molar-refractivity contribution in [2.75, 3.05) is 0 Å². The van der Waals surface area contributed by atoms with Gasteiger partial charge in [-0.15, -0.1) is 23.7 Å². The molecule has 0 heterocycles. The van der Waals surface area contributed by atoms with E-state index in [-0.39, 0.29) is 0 Å². The molecule has 0 amide bonds. The van der Waals surface area contributed by atoms with Gasteiger partial charge in [0, 0.05) is 12.8 Å². The van der Waals surface area contributed by atoms with Gasteiger partial charge in [0.25, 0.3) is 0 Å². The van der Waals surface area contributed by atoms with Gasteiger partial charge in [-0.2, -0.15) is 0 Å². The minimum Gasteiger partial charge on any atom is -0.107 e. The lowest BCUT2D eigenvalue weighted by atomic mass is 9.77. The molecule has 0 radical (unpaired) electrons. The molecule has 0 atom stereocenters. The van der Waals surface area contributed by atoms with E-state index in [2.05, 4.69) is 37.5 Å². The molecule has 0 bridgehead atoms. The Morgan fingerprint density at radius 2 is 1.23 bits per heavy atom. The summed E-state index contributed by atoms with van der Waals surface area (Å²) in [5, 5.41) is 0. The average molecular weight is 176 g/mol. The molecule has 0 aromatic carbocycles. The van der Waals surface area contributed by atoms with Crippen LogP contribution in [0.2, 0.25) is 0 Å². The van der Waals surface area contributed by atoms with E-state index < -0.39 is 0 Å². The molecule has 0 N–H and O–H groups in total. The Labute approximate surface area is 83.1 Å². The fourth-order valence-electron chi connectivity index (χ4n) is 1.36. The van der Waals surface area contributed by atoms with Crippen LogP contribution in [0.25, 0.3) is 0 Å². The Bertz CT molecular complexity index is 211. The molecule has 0 nitrogen and oxygen atoms in total. The molecule has 0 rings (SSSR count). The van der Waals surface area contributed by atoms with E-state index >= 15 is 0 Å². The van der Waals surface area contributed by atoms with Gasteiger partial charge in [-0.1, -0.05) is 13.8 Å². The molecule has 0 aliphatic rings. The highest BCUT2D eigenvalue weighted by Gasteiger charge is 2.23. The van der Waals surface area contributed by atoms with Crippen LogP contribution in [0.3, 0.4) is 0 Å². The van der Waals surface area contributed by atoms with Crippen molar-refractivity contribution in [2.24, 2.45) is 5.41 Å². The maximum absolute atomic E-state index is 3.18. The third-order valence-corrected chi connectivity index (χ3v) is 2.78.